The first-order chi connectivity index (χ1) is 17.0. The van der Waals surface area contributed by atoms with E-state index >= 15 is 0 Å². The van der Waals surface area contributed by atoms with Gasteiger partial charge in [0.1, 0.15) is 11.5 Å². The minimum absolute atomic E-state index is 0.0219. The number of benzene rings is 2. The fraction of sp³-hybridized carbons (Fsp3) is 0.548. The average Bonchev–Trinajstić information content (AvgIpc) is 2.77. The number of carbonyl (C=O) groups is 2. The van der Waals surface area contributed by atoms with Crippen LogP contribution in [-0.4, -0.2) is 32.4 Å². The summed E-state index contributed by atoms with van der Waals surface area (Å²) in [7, 11) is 0. The van der Waals surface area contributed by atoms with Gasteiger partial charge in [-0.3, -0.25) is 9.59 Å². The summed E-state index contributed by atoms with van der Waals surface area (Å²) in [6.07, 6.45) is 1.39. The molecule has 0 saturated carbocycles. The molecule has 1 atom stereocenters. The van der Waals surface area contributed by atoms with Crippen molar-refractivity contribution in [3.05, 3.63) is 57.6 Å². The Kier molecular flexibility index (Phi) is 9.45. The number of phenols is 2. The maximum atomic E-state index is 11.6. The highest BCUT2D eigenvalue weighted by Crippen LogP contribution is 2.48. The number of hydrogen-bond donors (Lipinski definition) is 4. The minimum Gasteiger partial charge on any atom is -0.507 e. The summed E-state index contributed by atoms with van der Waals surface area (Å²) in [5.74, 6) is -1.80. The zero-order valence-corrected chi connectivity index (χ0v) is 23.6. The van der Waals surface area contributed by atoms with E-state index in [9.17, 15) is 30.0 Å². The van der Waals surface area contributed by atoms with Crippen LogP contribution in [0.15, 0.2) is 24.3 Å². The van der Waals surface area contributed by atoms with Crippen LogP contribution < -0.4 is 0 Å². The highest BCUT2D eigenvalue weighted by Gasteiger charge is 2.32. The molecule has 37 heavy (non-hydrogen) atoms. The van der Waals surface area contributed by atoms with E-state index in [0.717, 1.165) is 28.7 Å². The molecule has 0 aromatic heterocycles. The number of hydrogen-bond acceptors (Lipinski definition) is 4. The van der Waals surface area contributed by atoms with E-state index in [4.69, 9.17) is 0 Å². The average molecular weight is 513 g/mol. The topological polar surface area (TPSA) is 115 Å². The van der Waals surface area contributed by atoms with E-state index < -0.39 is 11.9 Å². The van der Waals surface area contributed by atoms with Crippen LogP contribution in [0.2, 0.25) is 0 Å². The van der Waals surface area contributed by atoms with Gasteiger partial charge in [-0.05, 0) is 51.8 Å². The number of aromatic hydroxyl groups is 2. The number of aryl methyl sites for hydroxylation is 2. The zero-order chi connectivity index (χ0) is 28.3. The lowest BCUT2D eigenvalue weighted by Crippen LogP contribution is -2.19. The summed E-state index contributed by atoms with van der Waals surface area (Å²) in [6, 6.07) is 7.53. The van der Waals surface area contributed by atoms with Gasteiger partial charge in [0.15, 0.2) is 0 Å². The van der Waals surface area contributed by atoms with Crippen molar-refractivity contribution in [3.63, 3.8) is 0 Å². The van der Waals surface area contributed by atoms with Gasteiger partial charge in [0.05, 0.1) is 0 Å². The summed E-state index contributed by atoms with van der Waals surface area (Å²) >= 11 is 0. The second kappa shape index (κ2) is 11.6. The number of carboxylic acid groups (broad SMARTS) is 2. The second-order valence-electron chi connectivity index (χ2n) is 12.3. The molecule has 0 fully saturated rings. The maximum absolute atomic E-state index is 11.6. The molecule has 0 radical (unpaired) electrons. The van der Waals surface area contributed by atoms with Gasteiger partial charge in [-0.15, -0.1) is 0 Å². The molecule has 204 valence electrons. The van der Waals surface area contributed by atoms with Crippen LogP contribution in [0.4, 0.5) is 0 Å². The monoisotopic (exact) mass is 512 g/mol. The van der Waals surface area contributed by atoms with Crippen molar-refractivity contribution < 1.29 is 30.0 Å². The van der Waals surface area contributed by atoms with Gasteiger partial charge < -0.3 is 20.4 Å². The van der Waals surface area contributed by atoms with E-state index in [1.807, 2.05) is 65.8 Å². The quantitative estimate of drug-likeness (QED) is 0.275. The van der Waals surface area contributed by atoms with Crippen molar-refractivity contribution in [2.75, 3.05) is 0 Å². The fourth-order valence-corrected chi connectivity index (χ4v) is 4.86. The molecule has 2 rings (SSSR count). The molecule has 0 bridgehead atoms. The number of rotatable bonds is 10. The summed E-state index contributed by atoms with van der Waals surface area (Å²) < 4.78 is 0. The van der Waals surface area contributed by atoms with Crippen molar-refractivity contribution in [1.82, 2.24) is 0 Å². The molecule has 0 aliphatic heterocycles. The van der Waals surface area contributed by atoms with E-state index in [1.54, 1.807) is 0 Å². The molecule has 6 nitrogen and oxygen atoms in total. The molecule has 4 N–H and O–H groups in total. The number of aliphatic carboxylic acids is 2. The zero-order valence-electron chi connectivity index (χ0n) is 23.6. The van der Waals surface area contributed by atoms with E-state index in [-0.39, 0.29) is 47.0 Å². The summed E-state index contributed by atoms with van der Waals surface area (Å²) in [4.78, 5) is 22.6. The van der Waals surface area contributed by atoms with Crippen LogP contribution in [0.1, 0.15) is 114 Å². The summed E-state index contributed by atoms with van der Waals surface area (Å²) in [5.41, 5.74) is 3.66. The van der Waals surface area contributed by atoms with E-state index in [1.165, 1.54) is 0 Å². The number of carboxylic acids is 2. The Morgan fingerprint density at radius 1 is 0.730 bits per heavy atom. The van der Waals surface area contributed by atoms with Gasteiger partial charge in [-0.1, -0.05) is 86.1 Å². The van der Waals surface area contributed by atoms with Crippen LogP contribution in [-0.2, 0) is 33.3 Å². The Bertz CT molecular complexity index is 1050. The second-order valence-corrected chi connectivity index (χ2v) is 12.3. The van der Waals surface area contributed by atoms with Crippen molar-refractivity contribution in [1.29, 1.82) is 0 Å². The lowest BCUT2D eigenvalue weighted by atomic mass is 9.73. The van der Waals surface area contributed by atoms with Gasteiger partial charge in [0.25, 0.3) is 0 Å². The van der Waals surface area contributed by atoms with Crippen LogP contribution in [0.25, 0.3) is 0 Å². The molecule has 1 unspecified atom stereocenters. The first kappa shape index (κ1) is 30.2. The molecule has 2 aromatic carbocycles. The molecule has 0 spiro atoms. The predicted molar refractivity (Wildman–Crippen MR) is 147 cm³/mol. The van der Waals surface area contributed by atoms with Crippen molar-refractivity contribution >= 4 is 11.9 Å². The highest BCUT2D eigenvalue weighted by atomic mass is 16.4. The van der Waals surface area contributed by atoms with Gasteiger partial charge >= 0.3 is 11.9 Å². The molecule has 2 aromatic rings. The van der Waals surface area contributed by atoms with Gasteiger partial charge in [0.2, 0.25) is 0 Å². The minimum atomic E-state index is -0.885. The van der Waals surface area contributed by atoms with Crippen LogP contribution >= 0.6 is 0 Å². The van der Waals surface area contributed by atoms with E-state index in [0.29, 0.717) is 24.0 Å². The number of phenolic OH excluding ortho intramolecular Hbond substituents is 2. The van der Waals surface area contributed by atoms with Gasteiger partial charge in [0, 0.05) is 29.9 Å². The Labute approximate surface area is 221 Å². The third-order valence-corrected chi connectivity index (χ3v) is 7.15. The molecule has 0 aliphatic carbocycles. The third kappa shape index (κ3) is 7.50. The van der Waals surface area contributed by atoms with Crippen LogP contribution in [0.3, 0.4) is 0 Å². The van der Waals surface area contributed by atoms with Crippen molar-refractivity contribution in [2.45, 2.75) is 104 Å². The Morgan fingerprint density at radius 2 is 1.08 bits per heavy atom. The van der Waals surface area contributed by atoms with Crippen molar-refractivity contribution in [2.24, 2.45) is 5.92 Å². The Hall–Kier alpha value is -3.02. The molecular formula is C31H44O6. The largest absolute Gasteiger partial charge is 0.507 e. The molecule has 0 saturated heterocycles. The molecular weight excluding hydrogens is 468 g/mol. The van der Waals surface area contributed by atoms with Gasteiger partial charge in [-0.25, -0.2) is 0 Å². The van der Waals surface area contributed by atoms with E-state index in [2.05, 4.69) is 13.8 Å². The van der Waals surface area contributed by atoms with Crippen molar-refractivity contribution in [3.8, 4) is 11.5 Å². The smallest absolute Gasteiger partial charge is 0.303 e. The molecule has 0 amide bonds. The standard InChI is InChI=1S/C31H44O6/c1-9-18(2)27(21-14-19(10-12-25(32)33)16-23(28(21)36)30(3,4)5)22-15-20(11-13-26(34)35)17-24(29(22)37)31(6,7)8/h14-18,27,36-37H,9-13H2,1-8H3,(H,32,33)(H,34,35). The predicted octanol–water partition coefficient (Wildman–Crippen LogP) is 6.91. The first-order valence-corrected chi connectivity index (χ1v) is 13.1. The SMILES string of the molecule is CCC(C)C(c1cc(CCC(=O)O)cc(C(C)(C)C)c1O)c1cc(CCC(=O)O)cc(C(C)(C)C)c1O. The summed E-state index contributed by atoms with van der Waals surface area (Å²) in [6.45, 7) is 16.2. The molecule has 0 aliphatic rings. The molecule has 0 heterocycles. The Morgan fingerprint density at radius 3 is 1.35 bits per heavy atom. The first-order valence-electron chi connectivity index (χ1n) is 13.1. The van der Waals surface area contributed by atoms with Crippen LogP contribution in [0, 0.1) is 5.92 Å². The lowest BCUT2D eigenvalue weighted by Gasteiger charge is -2.32. The summed E-state index contributed by atoms with van der Waals surface area (Å²) in [5, 5.41) is 41.7. The lowest BCUT2D eigenvalue weighted by molar-refractivity contribution is -0.138. The van der Waals surface area contributed by atoms with Crippen LogP contribution in [0.5, 0.6) is 11.5 Å². The highest BCUT2D eigenvalue weighted by molar-refractivity contribution is 5.68. The third-order valence-electron chi connectivity index (χ3n) is 7.15. The Balaban J connectivity index is 2.90. The fourth-order valence-electron chi connectivity index (χ4n) is 4.86. The van der Waals surface area contributed by atoms with Gasteiger partial charge in [-0.2, -0.15) is 0 Å². The normalized spacial score (nSPS) is 13.1. The molecule has 6 heteroatoms. The maximum Gasteiger partial charge on any atom is 0.303 e.